The molecule has 2 aromatic carbocycles. The number of fused-ring (bicyclic) bond motifs is 1. The molecule has 0 radical (unpaired) electrons. The Balaban J connectivity index is 2.47. The fraction of sp³-hybridized carbons (Fsp3) is 0.0588. The zero-order chi connectivity index (χ0) is 15.0. The Bertz CT molecular complexity index is 934. The van der Waals surface area contributed by atoms with Crippen LogP contribution in [0, 0.1) is 18.3 Å². The van der Waals surface area contributed by atoms with Gasteiger partial charge in [-0.2, -0.15) is 5.26 Å². The number of nitriles is 1. The minimum Gasteiger partial charge on any atom is -0.397 e. The first-order valence-corrected chi connectivity index (χ1v) is 6.53. The van der Waals surface area contributed by atoms with Gasteiger partial charge in [0.05, 0.1) is 16.6 Å². The van der Waals surface area contributed by atoms with E-state index in [1.54, 1.807) is 0 Å². The molecule has 1 aromatic heterocycles. The number of aromatic nitrogens is 1. The van der Waals surface area contributed by atoms with Crippen LogP contribution in [-0.4, -0.2) is 4.98 Å². The number of H-pyrrole nitrogens is 1. The van der Waals surface area contributed by atoms with Gasteiger partial charge in [0, 0.05) is 11.3 Å². The van der Waals surface area contributed by atoms with E-state index in [2.05, 4.69) is 11.1 Å². The zero-order valence-corrected chi connectivity index (χ0v) is 11.5. The van der Waals surface area contributed by atoms with Gasteiger partial charge in [0.15, 0.2) is 0 Å². The summed E-state index contributed by atoms with van der Waals surface area (Å²) in [7, 11) is 0. The molecule has 1 heterocycles. The van der Waals surface area contributed by atoms with Crippen molar-refractivity contribution in [3.63, 3.8) is 0 Å². The number of pyridine rings is 1. The van der Waals surface area contributed by atoms with E-state index in [9.17, 15) is 10.1 Å². The molecule has 3 aromatic rings. The lowest BCUT2D eigenvalue weighted by Gasteiger charge is -2.11. The van der Waals surface area contributed by atoms with Crippen molar-refractivity contribution < 1.29 is 0 Å². The number of hydrogen-bond acceptors (Lipinski definition) is 3. The van der Waals surface area contributed by atoms with Crippen molar-refractivity contribution in [2.45, 2.75) is 6.92 Å². The Morgan fingerprint density at radius 1 is 1.19 bits per heavy atom. The number of rotatable bonds is 1. The van der Waals surface area contributed by atoms with Crippen LogP contribution >= 0.6 is 0 Å². The van der Waals surface area contributed by atoms with Crippen molar-refractivity contribution in [1.82, 2.24) is 4.98 Å². The average Bonchev–Trinajstić information content (AvgIpc) is 2.47. The first-order chi connectivity index (χ1) is 10.1. The summed E-state index contributed by atoms with van der Waals surface area (Å²) in [4.78, 5) is 14.8. The molecule has 102 valence electrons. The van der Waals surface area contributed by atoms with Gasteiger partial charge >= 0.3 is 0 Å². The van der Waals surface area contributed by atoms with Gasteiger partial charge in [-0.25, -0.2) is 0 Å². The van der Waals surface area contributed by atoms with Crippen LogP contribution in [0.2, 0.25) is 0 Å². The van der Waals surface area contributed by atoms with Gasteiger partial charge in [-0.15, -0.1) is 0 Å². The molecule has 0 saturated heterocycles. The number of aromatic amines is 1. The molecule has 4 nitrogen and oxygen atoms in total. The Hall–Kier alpha value is -3.06. The van der Waals surface area contributed by atoms with Crippen LogP contribution in [-0.2, 0) is 0 Å². The summed E-state index contributed by atoms with van der Waals surface area (Å²) >= 11 is 0. The van der Waals surface area contributed by atoms with Gasteiger partial charge in [-0.3, -0.25) is 4.79 Å². The van der Waals surface area contributed by atoms with Crippen molar-refractivity contribution in [2.24, 2.45) is 0 Å². The monoisotopic (exact) mass is 275 g/mol. The number of hydrogen-bond donors (Lipinski definition) is 2. The first-order valence-electron chi connectivity index (χ1n) is 6.53. The van der Waals surface area contributed by atoms with Crippen molar-refractivity contribution in [1.29, 1.82) is 5.26 Å². The predicted molar refractivity (Wildman–Crippen MR) is 83.9 cm³/mol. The molecule has 3 N–H and O–H groups in total. The molecule has 0 aliphatic carbocycles. The van der Waals surface area contributed by atoms with E-state index in [-0.39, 0.29) is 11.2 Å². The molecule has 0 fully saturated rings. The van der Waals surface area contributed by atoms with Crippen molar-refractivity contribution in [3.05, 3.63) is 64.1 Å². The molecule has 4 heteroatoms. The molecule has 0 spiro atoms. The Morgan fingerprint density at radius 3 is 2.57 bits per heavy atom. The third-order valence-electron chi connectivity index (χ3n) is 3.50. The number of nitrogens with one attached hydrogen (secondary N) is 1. The highest BCUT2D eigenvalue weighted by Gasteiger charge is 2.15. The average molecular weight is 275 g/mol. The number of anilines is 1. The number of nitrogen functional groups attached to an aromatic ring is 1. The van der Waals surface area contributed by atoms with Gasteiger partial charge in [-0.1, -0.05) is 30.3 Å². The van der Waals surface area contributed by atoms with Gasteiger partial charge in [0.25, 0.3) is 5.56 Å². The molecular weight excluding hydrogens is 262 g/mol. The van der Waals surface area contributed by atoms with Crippen LogP contribution in [0.15, 0.2) is 47.3 Å². The van der Waals surface area contributed by atoms with Crippen molar-refractivity contribution >= 4 is 16.5 Å². The highest BCUT2D eigenvalue weighted by molar-refractivity contribution is 6.00. The highest BCUT2D eigenvalue weighted by atomic mass is 16.1. The van der Waals surface area contributed by atoms with Crippen LogP contribution < -0.4 is 11.3 Å². The summed E-state index contributed by atoms with van der Waals surface area (Å²) in [6.45, 7) is 1.82. The molecule has 0 atom stereocenters. The quantitative estimate of drug-likeness (QED) is 0.670. The first kappa shape index (κ1) is 12.9. The predicted octanol–water partition coefficient (Wildman–Crippen LogP) is 2.96. The topological polar surface area (TPSA) is 82.7 Å². The maximum atomic E-state index is 12.1. The fourth-order valence-electron chi connectivity index (χ4n) is 2.57. The molecule has 0 unspecified atom stereocenters. The van der Waals surface area contributed by atoms with Crippen LogP contribution in [0.3, 0.4) is 0 Å². The van der Waals surface area contributed by atoms with E-state index in [4.69, 9.17) is 5.73 Å². The van der Waals surface area contributed by atoms with Gasteiger partial charge in [0.1, 0.15) is 6.07 Å². The van der Waals surface area contributed by atoms with E-state index in [0.717, 1.165) is 22.2 Å². The zero-order valence-electron chi connectivity index (χ0n) is 11.5. The number of nitrogens with zero attached hydrogens (tertiary/aromatic N) is 1. The maximum absolute atomic E-state index is 12.1. The Kier molecular flexibility index (Phi) is 2.96. The van der Waals surface area contributed by atoms with Crippen LogP contribution in [0.4, 0.5) is 5.69 Å². The maximum Gasteiger partial charge on any atom is 0.258 e. The van der Waals surface area contributed by atoms with Crippen LogP contribution in [0.1, 0.15) is 11.3 Å². The van der Waals surface area contributed by atoms with Gasteiger partial charge in [-0.05, 0) is 30.0 Å². The number of benzene rings is 2. The normalized spacial score (nSPS) is 10.5. The summed E-state index contributed by atoms with van der Waals surface area (Å²) in [6.07, 6.45) is 0. The van der Waals surface area contributed by atoms with Gasteiger partial charge in [0.2, 0.25) is 0 Å². The standard InChI is InChI=1S/C17H13N3O/c1-10-7-12-8-13(11-5-3-2-4-6-11)14(9-18)16(19)15(12)17(21)20-10/h2-8H,19H2,1H3,(H,20,21). The van der Waals surface area contributed by atoms with E-state index in [0.29, 0.717) is 10.9 Å². The Morgan fingerprint density at radius 2 is 1.90 bits per heavy atom. The second kappa shape index (κ2) is 4.80. The van der Waals surface area contributed by atoms with Crippen molar-refractivity contribution in [3.8, 4) is 17.2 Å². The molecule has 21 heavy (non-hydrogen) atoms. The molecule has 0 aliphatic heterocycles. The molecule has 0 bridgehead atoms. The summed E-state index contributed by atoms with van der Waals surface area (Å²) in [5.74, 6) is 0. The third-order valence-corrected chi connectivity index (χ3v) is 3.50. The summed E-state index contributed by atoms with van der Waals surface area (Å²) in [6, 6.07) is 15.4. The number of nitrogens with two attached hydrogens (primary N) is 1. The van der Waals surface area contributed by atoms with E-state index in [1.165, 1.54) is 0 Å². The lowest BCUT2D eigenvalue weighted by Crippen LogP contribution is -2.11. The SMILES string of the molecule is Cc1cc2cc(-c3ccccc3)c(C#N)c(N)c2c(=O)[nH]1. The number of aryl methyl sites for hydroxylation is 1. The molecule has 3 rings (SSSR count). The summed E-state index contributed by atoms with van der Waals surface area (Å²) in [5, 5.41) is 10.5. The highest BCUT2D eigenvalue weighted by Crippen LogP contribution is 2.32. The second-order valence-electron chi connectivity index (χ2n) is 4.94. The minimum absolute atomic E-state index is 0.232. The molecule has 0 amide bonds. The lowest BCUT2D eigenvalue weighted by molar-refractivity contribution is 1.17. The smallest absolute Gasteiger partial charge is 0.258 e. The van der Waals surface area contributed by atoms with Crippen LogP contribution in [0.5, 0.6) is 0 Å². The Labute approximate surface area is 121 Å². The van der Waals surface area contributed by atoms with Crippen molar-refractivity contribution in [2.75, 3.05) is 5.73 Å². The van der Waals surface area contributed by atoms with E-state index < -0.39 is 0 Å². The van der Waals surface area contributed by atoms with Gasteiger partial charge < -0.3 is 10.7 Å². The van der Waals surface area contributed by atoms with E-state index >= 15 is 0 Å². The lowest BCUT2D eigenvalue weighted by atomic mass is 9.95. The summed E-state index contributed by atoms with van der Waals surface area (Å²) in [5.41, 5.74) is 8.79. The summed E-state index contributed by atoms with van der Waals surface area (Å²) < 4.78 is 0. The molecule has 0 saturated carbocycles. The van der Waals surface area contributed by atoms with Crippen LogP contribution in [0.25, 0.3) is 21.9 Å². The minimum atomic E-state index is -0.265. The largest absolute Gasteiger partial charge is 0.397 e. The van der Waals surface area contributed by atoms with E-state index in [1.807, 2.05) is 49.4 Å². The molecular formula is C17H13N3O. The third kappa shape index (κ3) is 2.05. The fourth-order valence-corrected chi connectivity index (χ4v) is 2.57. The molecule has 0 aliphatic rings. The second-order valence-corrected chi connectivity index (χ2v) is 4.94.